The summed E-state index contributed by atoms with van der Waals surface area (Å²) in [6.45, 7) is 2.20. The number of alkyl halides is 2. The molecule has 8 nitrogen and oxygen atoms in total. The van der Waals surface area contributed by atoms with Gasteiger partial charge in [0.15, 0.2) is 17.1 Å². The molecule has 2 aliphatic heterocycles. The second kappa shape index (κ2) is 11.0. The molecule has 0 radical (unpaired) electrons. The number of rotatable bonds is 8. The van der Waals surface area contributed by atoms with E-state index in [1.165, 1.54) is 55.4 Å². The number of halogens is 4. The number of carbonyl (C=O) groups excluding carboxylic acids is 1. The zero-order valence-corrected chi connectivity index (χ0v) is 23.3. The Morgan fingerprint density at radius 1 is 1.37 bits per heavy atom. The lowest BCUT2D eigenvalue weighted by molar-refractivity contribution is -0.136. The molecule has 1 aromatic heterocycles. The van der Waals surface area contributed by atoms with Gasteiger partial charge < -0.3 is 20.3 Å². The van der Waals surface area contributed by atoms with Gasteiger partial charge in [-0.25, -0.2) is 22.9 Å². The van der Waals surface area contributed by atoms with Crippen LogP contribution < -0.4 is 5.32 Å². The topological polar surface area (TPSA) is 107 Å². The van der Waals surface area contributed by atoms with Crippen molar-refractivity contribution in [2.45, 2.75) is 51.0 Å². The number of nitrogens with one attached hydrogen (secondary N) is 1. The average Bonchev–Trinajstić information content (AvgIpc) is 3.42. The number of aliphatic imine (C=N–C) groups is 1. The number of ether oxygens (including phenoxy) is 1. The van der Waals surface area contributed by atoms with Crippen LogP contribution in [0.3, 0.4) is 0 Å². The van der Waals surface area contributed by atoms with Crippen molar-refractivity contribution in [2.24, 2.45) is 10.4 Å². The molecule has 1 saturated heterocycles. The number of esters is 1. The first-order valence-corrected chi connectivity index (χ1v) is 13.5. The molecule has 1 fully saturated rings. The summed E-state index contributed by atoms with van der Waals surface area (Å²) in [4.78, 5) is 23.7. The molecule has 4 rings (SSSR count). The molecule has 0 spiro atoms. The number of likely N-dealkylation sites (tertiary alicyclic amines) is 1. The zero-order chi connectivity index (χ0) is 27.8. The lowest BCUT2D eigenvalue weighted by Crippen LogP contribution is -2.44. The minimum absolute atomic E-state index is 0.0893. The molecular weight excluding hydrogens is 589 g/mol. The molecule has 2 aliphatic rings. The summed E-state index contributed by atoms with van der Waals surface area (Å²) in [5.41, 5.74) is -0.615. The van der Waals surface area contributed by atoms with Gasteiger partial charge in [0, 0.05) is 39.7 Å². The number of amidine groups is 1. The van der Waals surface area contributed by atoms with Crippen molar-refractivity contribution in [3.63, 3.8) is 0 Å². The van der Waals surface area contributed by atoms with Gasteiger partial charge in [-0.15, -0.1) is 11.3 Å². The number of carbonyl (C=O) groups is 1. The van der Waals surface area contributed by atoms with Gasteiger partial charge in [0.2, 0.25) is 0 Å². The monoisotopic (exact) mass is 616 g/mol. The van der Waals surface area contributed by atoms with Gasteiger partial charge in [-0.1, -0.05) is 35.8 Å². The summed E-state index contributed by atoms with van der Waals surface area (Å²) < 4.78 is 49.7. The Kier molecular flexibility index (Phi) is 8.34. The van der Waals surface area contributed by atoms with Crippen LogP contribution in [0.25, 0.3) is 0 Å². The van der Waals surface area contributed by atoms with Crippen LogP contribution in [0.2, 0.25) is 0 Å². The van der Waals surface area contributed by atoms with Gasteiger partial charge in [-0.3, -0.25) is 9.89 Å². The highest BCUT2D eigenvalue weighted by Gasteiger charge is 2.60. The molecule has 2 aromatic rings. The van der Waals surface area contributed by atoms with Crippen LogP contribution in [0.5, 0.6) is 0 Å². The maximum Gasteiger partial charge on any atom is 0.338 e. The lowest BCUT2D eigenvalue weighted by atomic mass is 9.79. The molecule has 0 bridgehead atoms. The van der Waals surface area contributed by atoms with Gasteiger partial charge in [0.05, 0.1) is 19.2 Å². The Hall–Kier alpha value is -2.32. The maximum atomic E-state index is 15.2. The standard InChI is InChI=1S/C25H28BrF3N4O4S/c1-24(2)17(6-7-18(34)35)33(12-25(24,28)29)11-16-19(23(36)37-3)20(14-5-4-13(27)10-15(14)26)32-21(31-16)22-30-8-9-38-22/h4-5,8-10,17-18,20,34-35H,6-7,11-12H2,1-3H3,(H,31,32)/t17-,20-/m0/s1. The van der Waals surface area contributed by atoms with E-state index >= 15 is 8.78 Å². The van der Waals surface area contributed by atoms with Crippen LogP contribution in [-0.4, -0.2) is 70.4 Å². The van der Waals surface area contributed by atoms with Crippen molar-refractivity contribution in [3.8, 4) is 0 Å². The predicted octanol–water partition coefficient (Wildman–Crippen LogP) is 4.00. The van der Waals surface area contributed by atoms with Crippen molar-refractivity contribution in [1.29, 1.82) is 0 Å². The molecule has 0 amide bonds. The smallest absolute Gasteiger partial charge is 0.338 e. The average molecular weight is 617 g/mol. The van der Waals surface area contributed by atoms with E-state index in [9.17, 15) is 19.4 Å². The number of benzene rings is 1. The summed E-state index contributed by atoms with van der Waals surface area (Å²) in [6.07, 6.45) is -0.0371. The van der Waals surface area contributed by atoms with Gasteiger partial charge >= 0.3 is 5.97 Å². The van der Waals surface area contributed by atoms with Gasteiger partial charge in [0.1, 0.15) is 11.9 Å². The van der Waals surface area contributed by atoms with Crippen molar-refractivity contribution in [3.05, 3.63) is 61.9 Å². The molecule has 0 saturated carbocycles. The summed E-state index contributed by atoms with van der Waals surface area (Å²) in [5.74, 6) is -3.96. The van der Waals surface area contributed by atoms with Crippen LogP contribution in [0.15, 0.2) is 50.5 Å². The van der Waals surface area contributed by atoms with Crippen molar-refractivity contribution in [2.75, 3.05) is 20.2 Å². The van der Waals surface area contributed by atoms with Crippen molar-refractivity contribution < 1.29 is 32.9 Å². The van der Waals surface area contributed by atoms with Gasteiger partial charge in [-0.05, 0) is 30.5 Å². The van der Waals surface area contributed by atoms with Crippen LogP contribution in [0.4, 0.5) is 13.2 Å². The van der Waals surface area contributed by atoms with Crippen LogP contribution in [0.1, 0.15) is 43.3 Å². The quantitative estimate of drug-likeness (QED) is 0.304. The second-order valence-electron chi connectivity index (χ2n) is 9.80. The molecule has 3 heterocycles. The number of aromatic nitrogens is 1. The lowest BCUT2D eigenvalue weighted by Gasteiger charge is -2.35. The SMILES string of the molecule is COC(=O)C1=C(CN2CC(F)(F)C(C)(C)[C@@H]2CCC(O)O)NC(c2nccs2)=N[C@H]1c1ccc(F)cc1Br. The van der Waals surface area contributed by atoms with Gasteiger partial charge in [0.25, 0.3) is 5.92 Å². The van der Waals surface area contributed by atoms with E-state index in [-0.39, 0.29) is 25.0 Å². The Morgan fingerprint density at radius 2 is 2.11 bits per heavy atom. The first-order valence-electron chi connectivity index (χ1n) is 11.8. The Balaban J connectivity index is 1.82. The first-order chi connectivity index (χ1) is 17.9. The van der Waals surface area contributed by atoms with Gasteiger partial charge in [-0.2, -0.15) is 0 Å². The fraction of sp³-hybridized carbons (Fsp3) is 0.480. The second-order valence-corrected chi connectivity index (χ2v) is 11.5. The fourth-order valence-electron chi connectivity index (χ4n) is 4.96. The van der Waals surface area contributed by atoms with Crippen LogP contribution >= 0.6 is 27.3 Å². The molecule has 206 valence electrons. The molecule has 13 heteroatoms. The van der Waals surface area contributed by atoms with E-state index in [1.54, 1.807) is 11.6 Å². The number of hydrogen-bond donors (Lipinski definition) is 3. The summed E-state index contributed by atoms with van der Waals surface area (Å²) in [5, 5.41) is 24.2. The predicted molar refractivity (Wildman–Crippen MR) is 139 cm³/mol. The molecule has 2 atom stereocenters. The largest absolute Gasteiger partial charge is 0.466 e. The minimum atomic E-state index is -3.08. The number of aliphatic hydroxyl groups excluding tert-OH is 1. The maximum absolute atomic E-state index is 15.2. The highest BCUT2D eigenvalue weighted by molar-refractivity contribution is 9.10. The third kappa shape index (κ3) is 5.53. The highest BCUT2D eigenvalue weighted by Crippen LogP contribution is 2.50. The highest BCUT2D eigenvalue weighted by atomic mass is 79.9. The number of hydrogen-bond acceptors (Lipinski definition) is 9. The Bertz CT molecular complexity index is 1250. The number of aliphatic hydroxyl groups is 2. The Morgan fingerprint density at radius 3 is 2.71 bits per heavy atom. The third-order valence-electron chi connectivity index (χ3n) is 7.10. The van der Waals surface area contributed by atoms with E-state index in [0.717, 1.165) is 0 Å². The number of nitrogens with zero attached hydrogens (tertiary/aromatic N) is 3. The van der Waals surface area contributed by atoms with Crippen molar-refractivity contribution in [1.82, 2.24) is 15.2 Å². The third-order valence-corrected chi connectivity index (χ3v) is 8.57. The molecule has 1 aromatic carbocycles. The zero-order valence-electron chi connectivity index (χ0n) is 20.9. The summed E-state index contributed by atoms with van der Waals surface area (Å²) >= 11 is 4.66. The van der Waals surface area contributed by atoms with E-state index < -0.39 is 48.0 Å². The first kappa shape index (κ1) is 28.7. The normalized spacial score (nSPS) is 22.9. The molecule has 0 unspecified atom stereocenters. The number of methoxy groups -OCH3 is 1. The van der Waals surface area contributed by atoms with Crippen molar-refractivity contribution >= 4 is 39.1 Å². The van der Waals surface area contributed by atoms with Crippen LogP contribution in [-0.2, 0) is 9.53 Å². The van der Waals surface area contributed by atoms with E-state index in [0.29, 0.717) is 26.6 Å². The van der Waals surface area contributed by atoms with E-state index in [1.807, 2.05) is 0 Å². The molecule has 38 heavy (non-hydrogen) atoms. The molecular formula is C25H28BrF3N4O4S. The van der Waals surface area contributed by atoms with E-state index in [2.05, 4.69) is 26.2 Å². The molecule has 3 N–H and O–H groups in total. The molecule has 0 aliphatic carbocycles. The van der Waals surface area contributed by atoms with Crippen LogP contribution in [0, 0.1) is 11.2 Å². The summed E-state index contributed by atoms with van der Waals surface area (Å²) in [6, 6.07) is 2.32. The minimum Gasteiger partial charge on any atom is -0.466 e. The van der Waals surface area contributed by atoms with E-state index in [4.69, 9.17) is 9.73 Å². The fourth-order valence-corrected chi connectivity index (χ4v) is 6.11. The Labute approximate surface area is 230 Å². The summed E-state index contributed by atoms with van der Waals surface area (Å²) in [7, 11) is 1.21. The number of thiazole rings is 1.